The van der Waals surface area contributed by atoms with Crippen LogP contribution in [-0.4, -0.2) is 28.6 Å². The van der Waals surface area contributed by atoms with E-state index in [1.165, 1.54) is 12.4 Å². The van der Waals surface area contributed by atoms with Crippen molar-refractivity contribution in [3.8, 4) is 0 Å². The Morgan fingerprint density at radius 3 is 2.32 bits per heavy atom. The predicted molar refractivity (Wildman–Crippen MR) is 113 cm³/mol. The van der Waals surface area contributed by atoms with Crippen LogP contribution >= 0.6 is 25.2 Å². The van der Waals surface area contributed by atoms with Gasteiger partial charge in [0.15, 0.2) is 0 Å². The Morgan fingerprint density at radius 2 is 1.88 bits per heavy atom. The molecule has 0 saturated heterocycles. The highest BCUT2D eigenvalue weighted by molar-refractivity contribution is 9.10. The molecule has 2 aromatic rings. The van der Waals surface area contributed by atoms with Crippen molar-refractivity contribution in [2.75, 3.05) is 6.66 Å². The van der Waals surface area contributed by atoms with E-state index in [1.807, 2.05) is 58.6 Å². The third kappa shape index (κ3) is 6.37. The Kier molecular flexibility index (Phi) is 11.2. The smallest absolute Gasteiger partial charge is 0.281 e. The SMILES string of the molecule is CC.CCC(C)(C(N)=NC(=O)c1cn[nH]c1)c1ccc(Br)cc1.CP. The van der Waals surface area contributed by atoms with E-state index in [4.69, 9.17) is 5.73 Å². The van der Waals surface area contributed by atoms with E-state index in [0.717, 1.165) is 16.5 Å². The summed E-state index contributed by atoms with van der Waals surface area (Å²) in [6, 6.07) is 7.87. The number of aliphatic imine (C=N–C) groups is 1. The maximum Gasteiger partial charge on any atom is 0.281 e. The molecule has 1 heterocycles. The molecule has 138 valence electrons. The van der Waals surface area contributed by atoms with Gasteiger partial charge in [0.2, 0.25) is 0 Å². The summed E-state index contributed by atoms with van der Waals surface area (Å²) >= 11 is 3.41. The second kappa shape index (κ2) is 11.9. The predicted octanol–water partition coefficient (Wildman–Crippen LogP) is 4.56. The molecule has 0 aliphatic rings. The molecule has 0 saturated carbocycles. The minimum Gasteiger partial charge on any atom is -0.386 e. The molecule has 0 fully saturated rings. The van der Waals surface area contributed by atoms with Gasteiger partial charge < -0.3 is 5.73 Å². The number of benzene rings is 1. The minimum absolute atomic E-state index is 0.304. The van der Waals surface area contributed by atoms with Gasteiger partial charge in [0.1, 0.15) is 5.84 Å². The molecule has 1 aromatic heterocycles. The number of aromatic nitrogens is 2. The molecule has 0 aliphatic carbocycles. The lowest BCUT2D eigenvalue weighted by atomic mass is 9.79. The van der Waals surface area contributed by atoms with Gasteiger partial charge >= 0.3 is 0 Å². The van der Waals surface area contributed by atoms with Gasteiger partial charge in [-0.25, -0.2) is 0 Å². The molecule has 0 bridgehead atoms. The van der Waals surface area contributed by atoms with Crippen LogP contribution in [0, 0.1) is 0 Å². The van der Waals surface area contributed by atoms with E-state index in [-0.39, 0.29) is 0 Å². The lowest BCUT2D eigenvalue weighted by Gasteiger charge is -2.28. The zero-order valence-corrected chi connectivity index (χ0v) is 18.2. The van der Waals surface area contributed by atoms with Crippen LogP contribution in [0.1, 0.15) is 50.0 Å². The molecule has 2 rings (SSSR count). The van der Waals surface area contributed by atoms with Crippen molar-refractivity contribution < 1.29 is 4.79 Å². The van der Waals surface area contributed by atoms with Gasteiger partial charge in [0.25, 0.3) is 5.91 Å². The second-order valence-electron chi connectivity index (χ2n) is 4.98. The largest absolute Gasteiger partial charge is 0.386 e. The third-order valence-electron chi connectivity index (χ3n) is 3.72. The van der Waals surface area contributed by atoms with Gasteiger partial charge in [0.05, 0.1) is 11.8 Å². The van der Waals surface area contributed by atoms with Gasteiger partial charge in [-0.1, -0.05) is 55.5 Å². The van der Waals surface area contributed by atoms with E-state index < -0.39 is 11.3 Å². The summed E-state index contributed by atoms with van der Waals surface area (Å²) in [7, 11) is 2.42. The Hall–Kier alpha value is -1.52. The molecule has 5 nitrogen and oxygen atoms in total. The molecular weight excluding hydrogens is 399 g/mol. The summed E-state index contributed by atoms with van der Waals surface area (Å²) in [6.07, 6.45) is 3.67. The average molecular weight is 427 g/mol. The number of nitrogens with one attached hydrogen (secondary N) is 1. The summed E-state index contributed by atoms with van der Waals surface area (Å²) in [6.45, 7) is 9.92. The highest BCUT2D eigenvalue weighted by Gasteiger charge is 2.30. The summed E-state index contributed by atoms with van der Waals surface area (Å²) in [5.74, 6) is -0.0865. The quantitative estimate of drug-likeness (QED) is 0.427. The van der Waals surface area contributed by atoms with Gasteiger partial charge in [-0.2, -0.15) is 10.1 Å². The van der Waals surface area contributed by atoms with Crippen LogP contribution in [0.3, 0.4) is 0 Å². The molecule has 3 N–H and O–H groups in total. The monoisotopic (exact) mass is 426 g/mol. The molecule has 2 atom stereocenters. The maximum absolute atomic E-state index is 12.0. The molecule has 1 aromatic carbocycles. The van der Waals surface area contributed by atoms with Gasteiger partial charge in [0, 0.05) is 16.1 Å². The number of nitrogens with zero attached hydrogens (tertiary/aromatic N) is 2. The Bertz CT molecular complexity index is 656. The highest BCUT2D eigenvalue weighted by atomic mass is 79.9. The van der Waals surface area contributed by atoms with Crippen LogP contribution in [0.25, 0.3) is 0 Å². The Labute approximate surface area is 161 Å². The van der Waals surface area contributed by atoms with Crippen molar-refractivity contribution in [2.45, 2.75) is 39.5 Å². The Morgan fingerprint density at radius 1 is 1.32 bits per heavy atom. The van der Waals surface area contributed by atoms with Crippen LogP contribution in [0.2, 0.25) is 0 Å². The fourth-order valence-electron chi connectivity index (χ4n) is 2.02. The standard InChI is InChI=1S/C15H17BrN4O.C2H6.CH5P/c1-3-15(2,11-4-6-12(16)7-5-11)14(17)20-13(21)10-8-18-19-9-10;2*1-2/h4-9H,3H2,1-2H3,(H,18,19)(H2,17,20,21);1-2H3;2H2,1H3. The third-order valence-corrected chi connectivity index (χ3v) is 4.25. The van der Waals surface area contributed by atoms with Crippen molar-refractivity contribution in [2.24, 2.45) is 10.7 Å². The van der Waals surface area contributed by atoms with Gasteiger partial charge in [-0.15, -0.1) is 9.24 Å². The number of hydrogen-bond donors (Lipinski definition) is 2. The first-order valence-corrected chi connectivity index (χ1v) is 10.1. The minimum atomic E-state index is -0.486. The van der Waals surface area contributed by atoms with E-state index in [1.54, 1.807) is 0 Å². The average Bonchev–Trinajstić information content (AvgIpc) is 3.19. The molecule has 7 heteroatoms. The summed E-state index contributed by atoms with van der Waals surface area (Å²) in [4.78, 5) is 16.1. The molecule has 1 amide bonds. The van der Waals surface area contributed by atoms with Crippen molar-refractivity contribution in [1.29, 1.82) is 0 Å². The first-order chi connectivity index (χ1) is 12.0. The van der Waals surface area contributed by atoms with Crippen molar-refractivity contribution >= 4 is 36.9 Å². The van der Waals surface area contributed by atoms with Gasteiger partial charge in [-0.3, -0.25) is 9.89 Å². The maximum atomic E-state index is 12.0. The van der Waals surface area contributed by atoms with E-state index >= 15 is 0 Å². The number of amidine groups is 1. The number of nitrogens with two attached hydrogens (primary N) is 1. The number of aromatic amines is 1. The van der Waals surface area contributed by atoms with Crippen LogP contribution in [0.15, 0.2) is 46.1 Å². The first-order valence-electron chi connectivity index (χ1n) is 8.19. The zero-order chi connectivity index (χ0) is 19.5. The normalized spacial score (nSPS) is 12.8. The molecule has 0 aliphatic heterocycles. The van der Waals surface area contributed by atoms with Crippen LogP contribution < -0.4 is 5.73 Å². The number of H-pyrrole nitrogens is 1. The number of hydrogen-bond acceptors (Lipinski definition) is 2. The summed E-state index contributed by atoms with van der Waals surface area (Å²) < 4.78 is 0.995. The topological polar surface area (TPSA) is 84.1 Å². The molecular formula is C18H28BrN4OP. The van der Waals surface area contributed by atoms with Gasteiger partial charge in [-0.05, 0) is 31.0 Å². The second-order valence-corrected chi connectivity index (χ2v) is 5.90. The number of carbonyl (C=O) groups excluding carboxylic acids is 1. The number of rotatable bonds is 4. The van der Waals surface area contributed by atoms with E-state index in [9.17, 15) is 4.79 Å². The molecule has 0 spiro atoms. The zero-order valence-electron chi connectivity index (χ0n) is 15.5. The molecule has 2 unspecified atom stereocenters. The number of halogens is 1. The van der Waals surface area contributed by atoms with Crippen LogP contribution in [0.4, 0.5) is 0 Å². The number of amides is 1. The summed E-state index contributed by atoms with van der Waals surface area (Å²) in [5, 5.41) is 6.33. The van der Waals surface area contributed by atoms with E-state index in [2.05, 4.69) is 40.4 Å². The van der Waals surface area contributed by atoms with Crippen LogP contribution in [0.5, 0.6) is 0 Å². The molecule has 25 heavy (non-hydrogen) atoms. The lowest BCUT2D eigenvalue weighted by molar-refractivity contribution is 0.100. The number of carbonyl (C=O) groups is 1. The fraction of sp³-hybridized carbons (Fsp3) is 0.389. The first kappa shape index (κ1) is 23.5. The Balaban J connectivity index is 0.00000134. The van der Waals surface area contributed by atoms with Crippen molar-refractivity contribution in [1.82, 2.24) is 10.2 Å². The molecule has 0 radical (unpaired) electrons. The van der Waals surface area contributed by atoms with Crippen molar-refractivity contribution in [3.63, 3.8) is 0 Å². The fourth-order valence-corrected chi connectivity index (χ4v) is 2.28. The van der Waals surface area contributed by atoms with E-state index in [0.29, 0.717) is 11.4 Å². The van der Waals surface area contributed by atoms with Crippen molar-refractivity contribution in [3.05, 3.63) is 52.3 Å². The van der Waals surface area contributed by atoms with Crippen LogP contribution in [-0.2, 0) is 5.41 Å². The summed E-state index contributed by atoms with van der Waals surface area (Å²) in [5.41, 5.74) is 7.06. The lowest BCUT2D eigenvalue weighted by Crippen LogP contribution is -2.38. The highest BCUT2D eigenvalue weighted by Crippen LogP contribution is 2.29.